The van der Waals surface area contributed by atoms with Gasteiger partial charge in [0.15, 0.2) is 5.78 Å². The fraction of sp³-hybridized carbons (Fsp3) is 0.500. The molecule has 3 N–H and O–H groups in total. The number of aromatic nitrogens is 1. The number of rotatable bonds is 3. The van der Waals surface area contributed by atoms with Gasteiger partial charge in [0.25, 0.3) is 0 Å². The first-order valence-corrected chi connectivity index (χ1v) is 5.86. The molecule has 0 radical (unpaired) electrons. The first kappa shape index (κ1) is 13.8. The lowest BCUT2D eigenvalue weighted by atomic mass is 9.79. The zero-order valence-electron chi connectivity index (χ0n) is 10.1. The van der Waals surface area contributed by atoms with Crippen molar-refractivity contribution in [2.75, 3.05) is 18.8 Å². The van der Waals surface area contributed by atoms with Gasteiger partial charge in [-0.3, -0.25) is 9.78 Å². The van der Waals surface area contributed by atoms with E-state index < -0.39 is 17.4 Å². The molecule has 2 rings (SSSR count). The molecule has 0 saturated carbocycles. The fourth-order valence-corrected chi connectivity index (χ4v) is 2.26. The molecule has 19 heavy (non-hydrogen) atoms. The Balaban J connectivity index is 2.25. The van der Waals surface area contributed by atoms with E-state index in [0.717, 1.165) is 0 Å². The predicted octanol–water partition coefficient (Wildman–Crippen LogP) is 1.32. The Morgan fingerprint density at radius 2 is 2.26 bits per heavy atom. The van der Waals surface area contributed by atoms with Crippen molar-refractivity contribution in [3.8, 4) is 0 Å². The van der Waals surface area contributed by atoms with Crippen LogP contribution in [0.5, 0.6) is 0 Å². The monoisotopic (exact) mass is 273 g/mol. The van der Waals surface area contributed by atoms with Gasteiger partial charge in [-0.1, -0.05) is 0 Å². The highest BCUT2D eigenvalue weighted by Crippen LogP contribution is 2.44. The highest BCUT2D eigenvalue weighted by molar-refractivity contribution is 5.89. The molecule has 1 aromatic heterocycles. The van der Waals surface area contributed by atoms with Crippen molar-refractivity contribution < 1.29 is 18.0 Å². The topological polar surface area (TPSA) is 68.0 Å². The number of alkyl halides is 3. The summed E-state index contributed by atoms with van der Waals surface area (Å²) >= 11 is 0. The number of anilines is 1. The summed E-state index contributed by atoms with van der Waals surface area (Å²) < 4.78 is 39.5. The van der Waals surface area contributed by atoms with Crippen LogP contribution in [0.25, 0.3) is 0 Å². The maximum absolute atomic E-state index is 13.2. The molecule has 0 aliphatic carbocycles. The molecule has 0 spiro atoms. The second-order valence-electron chi connectivity index (χ2n) is 4.68. The molecule has 0 bridgehead atoms. The van der Waals surface area contributed by atoms with E-state index in [2.05, 4.69) is 10.3 Å². The maximum atomic E-state index is 13.2. The van der Waals surface area contributed by atoms with Gasteiger partial charge in [0.1, 0.15) is 5.41 Å². The number of nitrogens with one attached hydrogen (secondary N) is 1. The predicted molar refractivity (Wildman–Crippen MR) is 63.3 cm³/mol. The zero-order chi connectivity index (χ0) is 14.1. The van der Waals surface area contributed by atoms with Crippen LogP contribution in [0.3, 0.4) is 0 Å². The number of nitrogens with two attached hydrogens (primary N) is 1. The lowest BCUT2D eigenvalue weighted by Crippen LogP contribution is -2.47. The summed E-state index contributed by atoms with van der Waals surface area (Å²) in [5, 5.41) is 2.61. The minimum atomic E-state index is -4.55. The lowest BCUT2D eigenvalue weighted by molar-refractivity contribution is -0.214. The number of nitrogens with zero attached hydrogens (tertiary/aromatic N) is 1. The lowest BCUT2D eigenvalue weighted by Gasteiger charge is -2.29. The van der Waals surface area contributed by atoms with E-state index in [-0.39, 0.29) is 31.6 Å². The summed E-state index contributed by atoms with van der Waals surface area (Å²) in [6.07, 6.45) is -2.36. The Hall–Kier alpha value is -1.63. The van der Waals surface area contributed by atoms with Crippen molar-refractivity contribution in [2.24, 2.45) is 5.41 Å². The van der Waals surface area contributed by atoms with Crippen molar-refractivity contribution in [1.82, 2.24) is 10.3 Å². The van der Waals surface area contributed by atoms with E-state index in [0.29, 0.717) is 5.56 Å². The Kier molecular flexibility index (Phi) is 3.49. The molecule has 0 aromatic carbocycles. The van der Waals surface area contributed by atoms with Gasteiger partial charge in [0.05, 0.1) is 0 Å². The minimum absolute atomic E-state index is 0.188. The van der Waals surface area contributed by atoms with Crippen molar-refractivity contribution in [1.29, 1.82) is 0 Å². The molecule has 1 aromatic rings. The summed E-state index contributed by atoms with van der Waals surface area (Å²) in [5.41, 5.74) is 3.95. The Morgan fingerprint density at radius 1 is 1.53 bits per heavy atom. The van der Waals surface area contributed by atoms with Gasteiger partial charge >= 0.3 is 6.18 Å². The number of hydrogen-bond donors (Lipinski definition) is 2. The first-order chi connectivity index (χ1) is 8.87. The number of ketones is 1. The van der Waals surface area contributed by atoms with Crippen LogP contribution in [0.15, 0.2) is 18.5 Å². The average Bonchev–Trinajstić information content (AvgIpc) is 2.82. The second-order valence-corrected chi connectivity index (χ2v) is 4.68. The second kappa shape index (κ2) is 4.80. The summed E-state index contributed by atoms with van der Waals surface area (Å²) in [6, 6.07) is 1.47. The van der Waals surface area contributed by atoms with Crippen molar-refractivity contribution in [2.45, 2.75) is 19.0 Å². The normalized spacial score (nSPS) is 23.5. The Bertz CT molecular complexity index is 481. The van der Waals surface area contributed by atoms with E-state index in [4.69, 9.17) is 5.73 Å². The fourth-order valence-electron chi connectivity index (χ4n) is 2.26. The molecular weight excluding hydrogens is 259 g/mol. The maximum Gasteiger partial charge on any atom is 0.402 e. The summed E-state index contributed by atoms with van der Waals surface area (Å²) in [5.74, 6) is -0.857. The van der Waals surface area contributed by atoms with Crippen molar-refractivity contribution in [3.05, 3.63) is 24.0 Å². The molecule has 1 aliphatic rings. The van der Waals surface area contributed by atoms with Crippen LogP contribution in [0.2, 0.25) is 0 Å². The number of Topliss-reactive ketones (excluding diaryl/α,β-unsaturated/α-hetero) is 1. The van der Waals surface area contributed by atoms with E-state index >= 15 is 0 Å². The molecule has 1 saturated heterocycles. The number of halogens is 3. The van der Waals surface area contributed by atoms with Gasteiger partial charge < -0.3 is 11.1 Å². The van der Waals surface area contributed by atoms with Gasteiger partial charge in [-0.05, 0) is 19.0 Å². The molecular formula is C12H14F3N3O. The smallest absolute Gasteiger partial charge is 0.398 e. The molecule has 1 fully saturated rings. The van der Waals surface area contributed by atoms with Crippen molar-refractivity contribution >= 4 is 11.5 Å². The van der Waals surface area contributed by atoms with E-state index in [1.807, 2.05) is 0 Å². The molecule has 1 unspecified atom stereocenters. The summed E-state index contributed by atoms with van der Waals surface area (Å²) in [6.45, 7) is -0.177. The van der Waals surface area contributed by atoms with Crippen LogP contribution in [0.1, 0.15) is 12.0 Å². The largest absolute Gasteiger partial charge is 0.402 e. The van der Waals surface area contributed by atoms with Crippen LogP contribution in [-0.2, 0) is 11.2 Å². The van der Waals surface area contributed by atoms with Crippen LogP contribution >= 0.6 is 0 Å². The van der Waals surface area contributed by atoms with Gasteiger partial charge in [-0.2, -0.15) is 13.2 Å². The third-order valence-electron chi connectivity index (χ3n) is 3.52. The summed E-state index contributed by atoms with van der Waals surface area (Å²) in [7, 11) is 0. The summed E-state index contributed by atoms with van der Waals surface area (Å²) in [4.78, 5) is 15.9. The molecule has 2 heterocycles. The van der Waals surface area contributed by atoms with Crippen LogP contribution in [0.4, 0.5) is 18.9 Å². The van der Waals surface area contributed by atoms with Crippen molar-refractivity contribution in [3.63, 3.8) is 0 Å². The third kappa shape index (κ3) is 2.42. The highest BCUT2D eigenvalue weighted by Gasteiger charge is 2.60. The molecule has 7 heteroatoms. The van der Waals surface area contributed by atoms with Crippen LogP contribution in [-0.4, -0.2) is 30.0 Å². The molecule has 4 nitrogen and oxygen atoms in total. The van der Waals surface area contributed by atoms with E-state index in [1.54, 1.807) is 0 Å². The number of carbonyl (C=O) groups is 1. The quantitative estimate of drug-likeness (QED) is 0.871. The molecule has 0 amide bonds. The highest BCUT2D eigenvalue weighted by atomic mass is 19.4. The van der Waals surface area contributed by atoms with Gasteiger partial charge in [-0.15, -0.1) is 0 Å². The number of nitrogen functional groups attached to an aromatic ring is 1. The third-order valence-corrected chi connectivity index (χ3v) is 3.52. The Morgan fingerprint density at radius 3 is 2.79 bits per heavy atom. The van der Waals surface area contributed by atoms with E-state index in [1.165, 1.54) is 18.5 Å². The van der Waals surface area contributed by atoms with E-state index in [9.17, 15) is 18.0 Å². The van der Waals surface area contributed by atoms with Crippen LogP contribution in [0, 0.1) is 5.41 Å². The standard InChI is InChI=1S/C12H14F3N3O/c13-12(14,15)11(2-4-18-7-11)10(19)5-8-6-17-3-1-9(8)16/h1,3,6,18H,2,4-5,7H2,(H2,16,17). The number of hydrogen-bond acceptors (Lipinski definition) is 4. The number of pyridine rings is 1. The minimum Gasteiger partial charge on any atom is -0.398 e. The SMILES string of the molecule is Nc1ccncc1CC(=O)C1(C(F)(F)F)CCNC1. The van der Waals surface area contributed by atoms with Crippen LogP contribution < -0.4 is 11.1 Å². The molecule has 104 valence electrons. The Labute approximate surface area is 108 Å². The first-order valence-electron chi connectivity index (χ1n) is 5.86. The molecule has 1 atom stereocenters. The van der Waals surface area contributed by atoms with Gasteiger partial charge in [0.2, 0.25) is 0 Å². The number of carbonyl (C=O) groups excluding carboxylic acids is 1. The van der Waals surface area contributed by atoms with Gasteiger partial charge in [-0.25, -0.2) is 0 Å². The average molecular weight is 273 g/mol. The molecule has 1 aliphatic heterocycles. The zero-order valence-corrected chi connectivity index (χ0v) is 10.1. The van der Waals surface area contributed by atoms with Gasteiger partial charge in [0, 0.05) is 36.6 Å².